The Labute approximate surface area is 176 Å². The van der Waals surface area contributed by atoms with Gasteiger partial charge < -0.3 is 5.11 Å². The molecule has 0 atom stereocenters. The third kappa shape index (κ3) is 3.93. The van der Waals surface area contributed by atoms with Gasteiger partial charge in [-0.05, 0) is 60.2 Å². The van der Waals surface area contributed by atoms with Gasteiger partial charge in [0.25, 0.3) is 5.56 Å². The molecule has 1 N–H and O–H groups in total. The van der Waals surface area contributed by atoms with Crippen molar-refractivity contribution in [2.24, 2.45) is 0 Å². The molecule has 32 heavy (non-hydrogen) atoms. The van der Waals surface area contributed by atoms with Gasteiger partial charge in [0.1, 0.15) is 5.75 Å². The van der Waals surface area contributed by atoms with E-state index in [1.165, 1.54) is 36.5 Å². The van der Waals surface area contributed by atoms with E-state index in [0.29, 0.717) is 11.1 Å². The summed E-state index contributed by atoms with van der Waals surface area (Å²) in [5.74, 6) is -0.155. The van der Waals surface area contributed by atoms with Crippen LogP contribution in [0.3, 0.4) is 0 Å². The Balaban J connectivity index is 1.94. The van der Waals surface area contributed by atoms with Crippen molar-refractivity contribution in [1.82, 2.24) is 4.57 Å². The number of halogens is 6. The van der Waals surface area contributed by atoms with Crippen LogP contribution in [0, 0.1) is 0 Å². The average Bonchev–Trinajstić information content (AvgIpc) is 2.73. The molecular formula is C23H13F6NO2. The second-order valence-corrected chi connectivity index (χ2v) is 7.07. The number of phenols is 1. The second kappa shape index (κ2) is 7.44. The lowest BCUT2D eigenvalue weighted by Gasteiger charge is -2.15. The monoisotopic (exact) mass is 449 g/mol. The van der Waals surface area contributed by atoms with E-state index in [2.05, 4.69) is 0 Å². The van der Waals surface area contributed by atoms with Crippen molar-refractivity contribution >= 4 is 10.8 Å². The molecule has 0 amide bonds. The van der Waals surface area contributed by atoms with Gasteiger partial charge in [-0.1, -0.05) is 12.1 Å². The summed E-state index contributed by atoms with van der Waals surface area (Å²) in [5.41, 5.74) is -1.51. The molecule has 0 fully saturated rings. The fraction of sp³-hybridized carbons (Fsp3) is 0.0870. The second-order valence-electron chi connectivity index (χ2n) is 7.07. The van der Waals surface area contributed by atoms with Gasteiger partial charge in [0, 0.05) is 28.2 Å². The van der Waals surface area contributed by atoms with Gasteiger partial charge in [-0.2, -0.15) is 26.3 Å². The number of benzene rings is 3. The summed E-state index contributed by atoms with van der Waals surface area (Å²) in [6.07, 6.45) is -7.75. The van der Waals surface area contributed by atoms with E-state index >= 15 is 0 Å². The van der Waals surface area contributed by atoms with E-state index in [-0.39, 0.29) is 22.2 Å². The molecule has 3 aromatic carbocycles. The van der Waals surface area contributed by atoms with Crippen molar-refractivity contribution < 1.29 is 31.4 Å². The first-order valence-electron chi connectivity index (χ1n) is 9.19. The van der Waals surface area contributed by atoms with Gasteiger partial charge >= 0.3 is 12.4 Å². The minimum atomic E-state index is -4.55. The van der Waals surface area contributed by atoms with E-state index in [0.717, 1.165) is 41.0 Å². The Bertz CT molecular complexity index is 1350. The summed E-state index contributed by atoms with van der Waals surface area (Å²) < 4.78 is 78.5. The van der Waals surface area contributed by atoms with Crippen molar-refractivity contribution in [2.45, 2.75) is 12.4 Å². The molecule has 0 aliphatic rings. The first-order valence-corrected chi connectivity index (χ1v) is 9.19. The van der Waals surface area contributed by atoms with Crippen LogP contribution in [0.5, 0.6) is 5.75 Å². The quantitative estimate of drug-likeness (QED) is 0.360. The fourth-order valence-electron chi connectivity index (χ4n) is 3.40. The molecule has 1 heterocycles. The lowest BCUT2D eigenvalue weighted by Crippen LogP contribution is -2.18. The number of hydrogen-bond acceptors (Lipinski definition) is 2. The predicted molar refractivity (Wildman–Crippen MR) is 107 cm³/mol. The molecule has 3 nitrogen and oxygen atoms in total. The molecule has 0 unspecified atom stereocenters. The van der Waals surface area contributed by atoms with E-state index in [1.807, 2.05) is 0 Å². The van der Waals surface area contributed by atoms with Crippen LogP contribution < -0.4 is 5.56 Å². The number of fused-ring (bicyclic) bond motifs is 1. The Kier molecular flexibility index (Phi) is 4.99. The number of phenolic OH excluding ortho intramolecular Hbond substituents is 1. The lowest BCUT2D eigenvalue weighted by molar-refractivity contribution is -0.138. The Morgan fingerprint density at radius 2 is 1.22 bits per heavy atom. The number of pyridine rings is 1. The average molecular weight is 449 g/mol. The lowest BCUT2D eigenvalue weighted by atomic mass is 9.99. The first kappa shape index (κ1) is 21.5. The molecule has 0 spiro atoms. The van der Waals surface area contributed by atoms with Crippen molar-refractivity contribution in [1.29, 1.82) is 0 Å². The highest BCUT2D eigenvalue weighted by Gasteiger charge is 2.31. The highest BCUT2D eigenvalue weighted by atomic mass is 19.4. The van der Waals surface area contributed by atoms with E-state index in [4.69, 9.17) is 0 Å². The highest BCUT2D eigenvalue weighted by Crippen LogP contribution is 2.34. The maximum atomic E-state index is 13.0. The maximum Gasteiger partial charge on any atom is 0.416 e. The standard InChI is InChI=1S/C23H13F6NO2/c24-22(25,26)14-3-1-13(2-4-14)20-12-30(16-7-5-15(6-8-16)23(27,28)29)21(32)18-10-9-17(31)11-19(18)20/h1-12,31H. The predicted octanol–water partition coefficient (Wildman–Crippen LogP) is 6.40. The molecule has 0 saturated carbocycles. The number of rotatable bonds is 2. The zero-order valence-electron chi connectivity index (χ0n) is 16.0. The number of aromatic hydroxyl groups is 1. The van der Waals surface area contributed by atoms with Crippen molar-refractivity contribution in [2.75, 3.05) is 0 Å². The molecule has 0 aliphatic carbocycles. The Morgan fingerprint density at radius 1 is 0.688 bits per heavy atom. The van der Waals surface area contributed by atoms with Crippen LogP contribution in [-0.4, -0.2) is 9.67 Å². The van der Waals surface area contributed by atoms with Crippen molar-refractivity contribution in [3.63, 3.8) is 0 Å². The van der Waals surface area contributed by atoms with E-state index < -0.39 is 29.0 Å². The smallest absolute Gasteiger partial charge is 0.416 e. The largest absolute Gasteiger partial charge is 0.508 e. The summed E-state index contributed by atoms with van der Waals surface area (Å²) in [6.45, 7) is 0. The zero-order chi connectivity index (χ0) is 23.3. The van der Waals surface area contributed by atoms with Crippen LogP contribution in [-0.2, 0) is 12.4 Å². The molecule has 0 saturated heterocycles. The normalized spacial score (nSPS) is 12.3. The molecule has 164 valence electrons. The molecule has 1 aromatic heterocycles. The van der Waals surface area contributed by atoms with Gasteiger partial charge in [-0.3, -0.25) is 9.36 Å². The number of aromatic nitrogens is 1. The minimum Gasteiger partial charge on any atom is -0.508 e. The van der Waals surface area contributed by atoms with Gasteiger partial charge in [0.2, 0.25) is 0 Å². The molecule has 0 bridgehead atoms. The number of hydrogen-bond donors (Lipinski definition) is 1. The van der Waals surface area contributed by atoms with Crippen LogP contribution >= 0.6 is 0 Å². The summed E-state index contributed by atoms with van der Waals surface area (Å²) in [6, 6.07) is 12.1. The first-order chi connectivity index (χ1) is 14.9. The Hall–Kier alpha value is -3.75. The summed E-state index contributed by atoms with van der Waals surface area (Å²) in [4.78, 5) is 13.0. The molecule has 0 radical (unpaired) electrons. The van der Waals surface area contributed by atoms with E-state index in [1.54, 1.807) is 0 Å². The summed E-state index contributed by atoms with van der Waals surface area (Å²) in [7, 11) is 0. The fourth-order valence-corrected chi connectivity index (χ4v) is 3.40. The van der Waals surface area contributed by atoms with Crippen molar-refractivity contribution in [3.8, 4) is 22.6 Å². The SMILES string of the molecule is O=c1c2ccc(O)cc2c(-c2ccc(C(F)(F)F)cc2)cn1-c1ccc(C(F)(F)F)cc1. The van der Waals surface area contributed by atoms with Gasteiger partial charge in [0.05, 0.1) is 11.1 Å². The van der Waals surface area contributed by atoms with Crippen LogP contribution in [0.2, 0.25) is 0 Å². The van der Waals surface area contributed by atoms with Crippen molar-refractivity contribution in [3.05, 3.63) is 94.4 Å². The van der Waals surface area contributed by atoms with Crippen LogP contribution in [0.25, 0.3) is 27.6 Å². The molecule has 4 rings (SSSR count). The molecular weight excluding hydrogens is 436 g/mol. The van der Waals surface area contributed by atoms with Crippen LogP contribution in [0.4, 0.5) is 26.3 Å². The Morgan fingerprint density at radius 3 is 1.75 bits per heavy atom. The third-order valence-electron chi connectivity index (χ3n) is 5.00. The molecule has 0 aliphatic heterocycles. The summed E-state index contributed by atoms with van der Waals surface area (Å²) in [5, 5.41) is 10.3. The molecule has 4 aromatic rings. The summed E-state index contributed by atoms with van der Waals surface area (Å²) >= 11 is 0. The van der Waals surface area contributed by atoms with E-state index in [9.17, 15) is 36.2 Å². The van der Waals surface area contributed by atoms with Crippen LogP contribution in [0.1, 0.15) is 11.1 Å². The molecule has 9 heteroatoms. The third-order valence-corrected chi connectivity index (χ3v) is 5.00. The minimum absolute atomic E-state index is 0.139. The topological polar surface area (TPSA) is 42.2 Å². The van der Waals surface area contributed by atoms with Crippen LogP contribution in [0.15, 0.2) is 77.7 Å². The number of nitrogens with zero attached hydrogens (tertiary/aromatic N) is 1. The highest BCUT2D eigenvalue weighted by molar-refractivity contribution is 5.96. The zero-order valence-corrected chi connectivity index (χ0v) is 16.0. The van der Waals surface area contributed by atoms with Gasteiger partial charge in [0.15, 0.2) is 0 Å². The maximum absolute atomic E-state index is 13.0. The van der Waals surface area contributed by atoms with Gasteiger partial charge in [-0.15, -0.1) is 0 Å². The number of alkyl halides is 6. The van der Waals surface area contributed by atoms with Gasteiger partial charge in [-0.25, -0.2) is 0 Å².